The molecule has 0 spiro atoms. The summed E-state index contributed by atoms with van der Waals surface area (Å²) in [5, 5.41) is 3.96. The van der Waals surface area contributed by atoms with Gasteiger partial charge in [-0.2, -0.15) is 5.10 Å². The first-order valence-electron chi connectivity index (χ1n) is 8.49. The number of hydrogen-bond donors (Lipinski definition) is 1. The van der Waals surface area contributed by atoms with Crippen molar-refractivity contribution in [3.05, 3.63) is 54.1 Å². The van der Waals surface area contributed by atoms with Crippen molar-refractivity contribution in [2.45, 2.75) is 26.4 Å². The van der Waals surface area contributed by atoms with Gasteiger partial charge in [0.05, 0.1) is 19.9 Å². The van der Waals surface area contributed by atoms with Crippen LogP contribution in [0.4, 0.5) is 0 Å². The first-order chi connectivity index (χ1) is 12.6. The van der Waals surface area contributed by atoms with Gasteiger partial charge in [0.15, 0.2) is 6.10 Å². The van der Waals surface area contributed by atoms with E-state index in [2.05, 4.69) is 17.5 Å². The summed E-state index contributed by atoms with van der Waals surface area (Å²) in [6, 6.07) is 14.6. The zero-order chi connectivity index (χ0) is 18.8. The number of amides is 1. The first-order valence-corrected chi connectivity index (χ1v) is 8.49. The van der Waals surface area contributed by atoms with Crippen molar-refractivity contribution < 1.29 is 19.0 Å². The summed E-state index contributed by atoms with van der Waals surface area (Å²) in [6.07, 6.45) is 1.84. The number of hydrogen-bond acceptors (Lipinski definition) is 5. The van der Waals surface area contributed by atoms with E-state index < -0.39 is 6.10 Å². The van der Waals surface area contributed by atoms with Gasteiger partial charge in [-0.3, -0.25) is 4.79 Å². The molecule has 0 heterocycles. The molecule has 1 N–H and O–H groups in total. The van der Waals surface area contributed by atoms with Crippen LogP contribution in [0, 0.1) is 0 Å². The molecule has 0 bridgehead atoms. The third-order valence-electron chi connectivity index (χ3n) is 3.46. The molecule has 0 aromatic heterocycles. The maximum atomic E-state index is 12.1. The zero-order valence-electron chi connectivity index (χ0n) is 15.3. The van der Waals surface area contributed by atoms with Crippen molar-refractivity contribution in [2.75, 3.05) is 13.7 Å². The Kier molecular flexibility index (Phi) is 7.49. The third-order valence-corrected chi connectivity index (χ3v) is 3.46. The Bertz CT molecular complexity index is 729. The van der Waals surface area contributed by atoms with Crippen molar-refractivity contribution in [1.29, 1.82) is 0 Å². The summed E-state index contributed by atoms with van der Waals surface area (Å²) in [5.41, 5.74) is 3.33. The van der Waals surface area contributed by atoms with Crippen molar-refractivity contribution in [1.82, 2.24) is 5.43 Å². The molecule has 26 heavy (non-hydrogen) atoms. The second kappa shape index (κ2) is 10.1. The molecular formula is C20H24N2O4. The number of carbonyl (C=O) groups excluding carboxylic acids is 1. The van der Waals surface area contributed by atoms with Crippen LogP contribution in [0.3, 0.4) is 0 Å². The highest BCUT2D eigenvalue weighted by Crippen LogP contribution is 2.19. The van der Waals surface area contributed by atoms with Crippen LogP contribution in [0.25, 0.3) is 0 Å². The molecule has 0 aliphatic heterocycles. The third kappa shape index (κ3) is 6.12. The Morgan fingerprint density at radius 1 is 1.15 bits per heavy atom. The van der Waals surface area contributed by atoms with E-state index in [-0.39, 0.29) is 5.91 Å². The molecule has 6 nitrogen and oxygen atoms in total. The highest BCUT2D eigenvalue weighted by Gasteiger charge is 2.14. The zero-order valence-corrected chi connectivity index (χ0v) is 15.3. The topological polar surface area (TPSA) is 69.2 Å². The number of hydrazone groups is 1. The summed E-state index contributed by atoms with van der Waals surface area (Å²) in [6.45, 7) is 4.40. The monoisotopic (exact) mass is 356 g/mol. The summed E-state index contributed by atoms with van der Waals surface area (Å²) < 4.78 is 16.2. The van der Waals surface area contributed by atoms with Crippen molar-refractivity contribution >= 4 is 12.1 Å². The minimum Gasteiger partial charge on any atom is -0.497 e. The minimum absolute atomic E-state index is 0.341. The van der Waals surface area contributed by atoms with Gasteiger partial charge >= 0.3 is 0 Å². The van der Waals surface area contributed by atoms with Gasteiger partial charge < -0.3 is 14.2 Å². The molecular weight excluding hydrogens is 332 g/mol. The van der Waals surface area contributed by atoms with E-state index in [1.165, 1.54) is 0 Å². The molecule has 6 heteroatoms. The van der Waals surface area contributed by atoms with Crippen LogP contribution in [0.5, 0.6) is 17.2 Å². The fraction of sp³-hybridized carbons (Fsp3) is 0.300. The van der Waals surface area contributed by atoms with Gasteiger partial charge in [0.2, 0.25) is 0 Å². The number of nitrogens with zero attached hydrogens (tertiary/aromatic N) is 1. The molecule has 138 valence electrons. The number of carbonyl (C=O) groups is 1. The summed E-state index contributed by atoms with van der Waals surface area (Å²) in [7, 11) is 1.58. The second-order valence-corrected chi connectivity index (χ2v) is 5.59. The molecule has 1 unspecified atom stereocenters. The smallest absolute Gasteiger partial charge is 0.280 e. The normalized spacial score (nSPS) is 11.8. The Balaban J connectivity index is 1.83. The molecule has 2 aromatic rings. The van der Waals surface area contributed by atoms with E-state index in [4.69, 9.17) is 14.2 Å². The van der Waals surface area contributed by atoms with Crippen LogP contribution in [-0.2, 0) is 4.79 Å². The van der Waals surface area contributed by atoms with Gasteiger partial charge in [0.25, 0.3) is 5.91 Å². The lowest BCUT2D eigenvalue weighted by Gasteiger charge is -2.13. The predicted octanol–water partition coefficient (Wildman–Crippen LogP) is 3.40. The van der Waals surface area contributed by atoms with E-state index in [0.29, 0.717) is 18.1 Å². The standard InChI is InChI=1S/C20H24N2O4/c1-4-12-25-17-10-8-16(9-11-17)14-21-22-20(23)15(2)26-19-7-5-6-18(13-19)24-3/h5-11,13-15H,4,12H2,1-3H3,(H,22,23)/b21-14+. The van der Waals surface area contributed by atoms with E-state index in [9.17, 15) is 4.79 Å². The van der Waals surface area contributed by atoms with Crippen LogP contribution in [0.1, 0.15) is 25.8 Å². The average Bonchev–Trinajstić information content (AvgIpc) is 2.67. The van der Waals surface area contributed by atoms with Crippen molar-refractivity contribution in [2.24, 2.45) is 5.10 Å². The molecule has 0 aliphatic rings. The summed E-state index contributed by atoms with van der Waals surface area (Å²) in [4.78, 5) is 12.1. The highest BCUT2D eigenvalue weighted by molar-refractivity contribution is 5.84. The Hall–Kier alpha value is -3.02. The van der Waals surface area contributed by atoms with E-state index >= 15 is 0 Å². The van der Waals surface area contributed by atoms with Crippen LogP contribution < -0.4 is 19.6 Å². The van der Waals surface area contributed by atoms with Crippen LogP contribution >= 0.6 is 0 Å². The fourth-order valence-corrected chi connectivity index (χ4v) is 2.06. The number of ether oxygens (including phenoxy) is 3. The summed E-state index contributed by atoms with van der Waals surface area (Å²) in [5.74, 6) is 1.69. The fourth-order valence-electron chi connectivity index (χ4n) is 2.06. The van der Waals surface area contributed by atoms with Gasteiger partial charge in [0, 0.05) is 6.07 Å². The summed E-state index contributed by atoms with van der Waals surface area (Å²) >= 11 is 0. The molecule has 0 saturated heterocycles. The van der Waals surface area contributed by atoms with Gasteiger partial charge in [-0.1, -0.05) is 13.0 Å². The van der Waals surface area contributed by atoms with Crippen molar-refractivity contribution in [3.8, 4) is 17.2 Å². The lowest BCUT2D eigenvalue weighted by Crippen LogP contribution is -2.33. The molecule has 1 atom stereocenters. The lowest BCUT2D eigenvalue weighted by molar-refractivity contribution is -0.127. The minimum atomic E-state index is -0.691. The van der Waals surface area contributed by atoms with E-state index in [1.54, 1.807) is 44.5 Å². The number of benzene rings is 2. The first kappa shape index (κ1) is 19.3. The van der Waals surface area contributed by atoms with Crippen LogP contribution in [0.15, 0.2) is 53.6 Å². The second-order valence-electron chi connectivity index (χ2n) is 5.59. The van der Waals surface area contributed by atoms with E-state index in [0.717, 1.165) is 17.7 Å². The molecule has 1 amide bonds. The van der Waals surface area contributed by atoms with Gasteiger partial charge in [-0.25, -0.2) is 5.43 Å². The predicted molar refractivity (Wildman–Crippen MR) is 101 cm³/mol. The quantitative estimate of drug-likeness (QED) is 0.552. The van der Waals surface area contributed by atoms with Gasteiger partial charge in [-0.05, 0) is 55.3 Å². The Labute approximate surface area is 153 Å². The largest absolute Gasteiger partial charge is 0.497 e. The highest BCUT2D eigenvalue weighted by atomic mass is 16.5. The molecule has 0 saturated carbocycles. The van der Waals surface area contributed by atoms with Crippen LogP contribution in [-0.4, -0.2) is 31.9 Å². The molecule has 2 rings (SSSR count). The molecule has 0 fully saturated rings. The maximum absolute atomic E-state index is 12.1. The molecule has 0 radical (unpaired) electrons. The molecule has 0 aliphatic carbocycles. The maximum Gasteiger partial charge on any atom is 0.280 e. The lowest BCUT2D eigenvalue weighted by atomic mass is 10.2. The van der Waals surface area contributed by atoms with Gasteiger partial charge in [-0.15, -0.1) is 0 Å². The van der Waals surface area contributed by atoms with Gasteiger partial charge in [0.1, 0.15) is 17.2 Å². The Morgan fingerprint density at radius 3 is 2.58 bits per heavy atom. The van der Waals surface area contributed by atoms with Crippen LogP contribution in [0.2, 0.25) is 0 Å². The molecule has 2 aromatic carbocycles. The number of nitrogens with one attached hydrogen (secondary N) is 1. The number of methoxy groups -OCH3 is 1. The average molecular weight is 356 g/mol. The Morgan fingerprint density at radius 2 is 1.88 bits per heavy atom. The SMILES string of the molecule is CCCOc1ccc(/C=N/NC(=O)C(C)Oc2cccc(OC)c2)cc1. The van der Waals surface area contributed by atoms with E-state index in [1.807, 2.05) is 24.3 Å². The number of rotatable bonds is 9. The van der Waals surface area contributed by atoms with Crippen molar-refractivity contribution in [3.63, 3.8) is 0 Å².